The summed E-state index contributed by atoms with van der Waals surface area (Å²) in [5.74, 6) is 1.54. The summed E-state index contributed by atoms with van der Waals surface area (Å²) >= 11 is 0. The van der Waals surface area contributed by atoms with E-state index in [2.05, 4.69) is 11.5 Å². The van der Waals surface area contributed by atoms with Gasteiger partial charge in [0, 0.05) is 22.9 Å². The summed E-state index contributed by atoms with van der Waals surface area (Å²) in [5.41, 5.74) is 6.75. The van der Waals surface area contributed by atoms with Gasteiger partial charge in [-0.25, -0.2) is 0 Å². The zero-order valence-electron chi connectivity index (χ0n) is 16.9. The Kier molecular flexibility index (Phi) is 8.00. The van der Waals surface area contributed by atoms with E-state index in [0.29, 0.717) is 6.61 Å². The van der Waals surface area contributed by atoms with Gasteiger partial charge in [0.2, 0.25) is 0 Å². The molecule has 1 aliphatic heterocycles. The monoisotopic (exact) mass is 394 g/mol. The molecular formula is C24H26O5. The molecule has 2 aromatic carbocycles. The smallest absolute Gasteiger partial charge is 0.158 e. The van der Waals surface area contributed by atoms with Gasteiger partial charge in [-0.15, -0.1) is 0 Å². The molecule has 0 saturated carbocycles. The Hall–Kier alpha value is -2.94. The first-order valence-electron chi connectivity index (χ1n) is 9.66. The maximum Gasteiger partial charge on any atom is 0.158 e. The van der Waals surface area contributed by atoms with E-state index in [1.54, 1.807) is 26.4 Å². The van der Waals surface area contributed by atoms with Crippen LogP contribution in [0.25, 0.3) is 16.8 Å². The molecule has 1 atom stereocenters. The number of hydrogen-bond donors (Lipinski definition) is 0. The Bertz CT molecular complexity index is 928. The molecule has 0 bridgehead atoms. The van der Waals surface area contributed by atoms with Crippen LogP contribution in [0.5, 0.6) is 11.5 Å². The van der Waals surface area contributed by atoms with Crippen LogP contribution in [0.4, 0.5) is 0 Å². The number of benzene rings is 2. The first-order valence-corrected chi connectivity index (χ1v) is 9.66. The van der Waals surface area contributed by atoms with E-state index in [0.717, 1.165) is 53.7 Å². The van der Waals surface area contributed by atoms with Crippen LogP contribution in [0, 0.1) is 0 Å². The minimum Gasteiger partial charge on any atom is -0.496 e. The van der Waals surface area contributed by atoms with Gasteiger partial charge in [-0.1, -0.05) is 35.7 Å². The lowest BCUT2D eigenvalue weighted by atomic mass is 10.0. The lowest BCUT2D eigenvalue weighted by molar-refractivity contribution is -0.155. The Morgan fingerprint density at radius 3 is 2.66 bits per heavy atom. The van der Waals surface area contributed by atoms with Crippen LogP contribution >= 0.6 is 0 Å². The lowest BCUT2D eigenvalue weighted by Gasteiger charge is -2.21. The van der Waals surface area contributed by atoms with Crippen molar-refractivity contribution >= 4 is 16.8 Å². The molecule has 2 aromatic rings. The molecule has 29 heavy (non-hydrogen) atoms. The van der Waals surface area contributed by atoms with Crippen molar-refractivity contribution in [2.45, 2.75) is 25.6 Å². The summed E-state index contributed by atoms with van der Waals surface area (Å²) in [5, 5.41) is 1.98. The molecule has 1 heterocycles. The third kappa shape index (κ3) is 5.77. The zero-order valence-corrected chi connectivity index (χ0v) is 16.9. The lowest BCUT2D eigenvalue weighted by Crippen LogP contribution is -2.22. The minimum absolute atomic E-state index is 0.0977. The van der Waals surface area contributed by atoms with Crippen LogP contribution in [0.2, 0.25) is 0 Å². The molecule has 0 N–H and O–H groups in total. The van der Waals surface area contributed by atoms with E-state index in [-0.39, 0.29) is 6.29 Å². The molecule has 1 saturated heterocycles. The van der Waals surface area contributed by atoms with Crippen LogP contribution < -0.4 is 9.47 Å². The first kappa shape index (κ1) is 20.8. The van der Waals surface area contributed by atoms with Gasteiger partial charge in [0.1, 0.15) is 24.0 Å². The second-order valence-electron chi connectivity index (χ2n) is 6.43. The fraction of sp³-hybridized carbons (Fsp3) is 0.333. The third-order valence-electron chi connectivity index (χ3n) is 4.54. The Morgan fingerprint density at radius 2 is 1.90 bits per heavy atom. The quantitative estimate of drug-likeness (QED) is 0.454. The Balaban J connectivity index is 1.61. The molecule has 1 fully saturated rings. The maximum absolute atomic E-state index is 5.60. The van der Waals surface area contributed by atoms with Gasteiger partial charge in [0.25, 0.3) is 0 Å². The predicted octanol–water partition coefficient (Wildman–Crippen LogP) is 5.21. The standard InChI is InChI=1S/C24H26O5/c1-25-22-18-19(24(26-2)21-12-4-3-11-20(21)22)10-9-15-27-14-7-8-17-29-23-13-5-6-16-28-23/h3-4,8,10-12,14-15,18,23H,5-6,13,16-17H2,1-2H3. The first-order chi connectivity index (χ1) is 14.3. The molecule has 0 aliphatic carbocycles. The van der Waals surface area contributed by atoms with Gasteiger partial charge >= 0.3 is 0 Å². The Labute approximate surface area is 171 Å². The molecule has 3 rings (SSSR count). The van der Waals surface area contributed by atoms with Crippen LogP contribution in [-0.4, -0.2) is 33.7 Å². The van der Waals surface area contributed by atoms with Crippen molar-refractivity contribution in [3.8, 4) is 11.5 Å². The van der Waals surface area contributed by atoms with Crippen molar-refractivity contribution < 1.29 is 23.7 Å². The number of ether oxygens (including phenoxy) is 5. The van der Waals surface area contributed by atoms with Crippen LogP contribution in [0.3, 0.4) is 0 Å². The summed E-state index contributed by atoms with van der Waals surface area (Å²) in [6, 6.07) is 9.87. The van der Waals surface area contributed by atoms with Crippen molar-refractivity contribution in [3.05, 3.63) is 66.0 Å². The van der Waals surface area contributed by atoms with Crippen molar-refractivity contribution in [2.75, 3.05) is 27.4 Å². The van der Waals surface area contributed by atoms with E-state index in [1.165, 1.54) is 12.5 Å². The van der Waals surface area contributed by atoms with Gasteiger partial charge in [0.05, 0.1) is 20.8 Å². The van der Waals surface area contributed by atoms with Gasteiger partial charge in [-0.2, -0.15) is 0 Å². The molecule has 0 aromatic heterocycles. The van der Waals surface area contributed by atoms with Crippen molar-refractivity contribution in [2.24, 2.45) is 0 Å². The highest BCUT2D eigenvalue weighted by Gasteiger charge is 2.13. The van der Waals surface area contributed by atoms with Crippen molar-refractivity contribution in [1.82, 2.24) is 0 Å². The highest BCUT2D eigenvalue weighted by Crippen LogP contribution is 2.37. The number of methoxy groups -OCH3 is 2. The van der Waals surface area contributed by atoms with Crippen LogP contribution in [0.15, 0.2) is 60.4 Å². The van der Waals surface area contributed by atoms with E-state index in [1.807, 2.05) is 30.3 Å². The summed E-state index contributed by atoms with van der Waals surface area (Å²) in [6.45, 7) is 1.22. The van der Waals surface area contributed by atoms with Crippen LogP contribution in [0.1, 0.15) is 24.8 Å². The molecule has 152 valence electrons. The Morgan fingerprint density at radius 1 is 1.07 bits per heavy atom. The van der Waals surface area contributed by atoms with Gasteiger partial charge in [0.15, 0.2) is 6.29 Å². The average molecular weight is 394 g/mol. The largest absolute Gasteiger partial charge is 0.496 e. The fourth-order valence-electron chi connectivity index (χ4n) is 3.17. The fourth-order valence-corrected chi connectivity index (χ4v) is 3.17. The van der Waals surface area contributed by atoms with Gasteiger partial charge in [-0.05, 0) is 37.5 Å². The molecule has 5 heteroatoms. The second kappa shape index (κ2) is 11.2. The third-order valence-corrected chi connectivity index (χ3v) is 4.54. The molecule has 0 radical (unpaired) electrons. The van der Waals surface area contributed by atoms with Crippen LogP contribution in [-0.2, 0) is 14.2 Å². The van der Waals surface area contributed by atoms with E-state index in [9.17, 15) is 0 Å². The minimum atomic E-state index is -0.0977. The molecule has 5 nitrogen and oxygen atoms in total. The maximum atomic E-state index is 5.60. The average Bonchev–Trinajstić information content (AvgIpc) is 2.78. The zero-order chi connectivity index (χ0) is 20.3. The molecule has 1 aliphatic rings. The summed E-state index contributed by atoms with van der Waals surface area (Å²) in [6.07, 6.45) is 9.56. The molecule has 0 spiro atoms. The van der Waals surface area contributed by atoms with E-state index >= 15 is 0 Å². The second-order valence-corrected chi connectivity index (χ2v) is 6.43. The highest BCUT2D eigenvalue weighted by atomic mass is 16.7. The SMILES string of the molecule is COc1cc(C=C=COC=C=CCOC2CCCCO2)c(OC)c2ccccc12. The summed E-state index contributed by atoms with van der Waals surface area (Å²) < 4.78 is 27.4. The topological polar surface area (TPSA) is 46.2 Å². The summed E-state index contributed by atoms with van der Waals surface area (Å²) in [7, 11) is 3.31. The van der Waals surface area contributed by atoms with Crippen molar-refractivity contribution in [3.63, 3.8) is 0 Å². The highest BCUT2D eigenvalue weighted by molar-refractivity contribution is 5.96. The molecule has 0 amide bonds. The number of rotatable bonds is 8. The number of hydrogen-bond acceptors (Lipinski definition) is 5. The molecular weight excluding hydrogens is 368 g/mol. The molecule has 1 unspecified atom stereocenters. The predicted molar refractivity (Wildman–Crippen MR) is 113 cm³/mol. The normalized spacial score (nSPS) is 15.6. The van der Waals surface area contributed by atoms with E-state index < -0.39 is 0 Å². The van der Waals surface area contributed by atoms with Gasteiger partial charge < -0.3 is 23.7 Å². The number of fused-ring (bicyclic) bond motifs is 1. The van der Waals surface area contributed by atoms with Gasteiger partial charge in [-0.3, -0.25) is 0 Å². The van der Waals surface area contributed by atoms with Crippen molar-refractivity contribution in [1.29, 1.82) is 0 Å². The summed E-state index contributed by atoms with van der Waals surface area (Å²) in [4.78, 5) is 0. The van der Waals surface area contributed by atoms with E-state index in [4.69, 9.17) is 23.7 Å².